The molecule has 0 radical (unpaired) electrons. The molecule has 0 amide bonds. The summed E-state index contributed by atoms with van der Waals surface area (Å²) in [7, 11) is 0. The van der Waals surface area contributed by atoms with E-state index in [-0.39, 0.29) is 0 Å². The Labute approximate surface area is 317 Å². The first kappa shape index (κ1) is 30.9. The summed E-state index contributed by atoms with van der Waals surface area (Å²) in [4.78, 5) is 10.8. The van der Waals surface area contributed by atoms with Crippen LogP contribution in [0.15, 0.2) is 194 Å². The van der Waals surface area contributed by atoms with Gasteiger partial charge in [-0.3, -0.25) is 0 Å². The molecule has 252 valence electrons. The molecule has 1 aliphatic rings. The van der Waals surface area contributed by atoms with Gasteiger partial charge in [0, 0.05) is 36.9 Å². The first-order valence-electron chi connectivity index (χ1n) is 18.4. The van der Waals surface area contributed by atoms with E-state index in [0.717, 1.165) is 39.3 Å². The van der Waals surface area contributed by atoms with Gasteiger partial charge >= 0.3 is 0 Å². The van der Waals surface area contributed by atoms with Gasteiger partial charge in [0.25, 0.3) is 0 Å². The zero-order valence-electron chi connectivity index (χ0n) is 29.3. The monoisotopic (exact) mass is 704 g/mol. The number of benzene rings is 8. The Balaban J connectivity index is 1.20. The summed E-state index contributed by atoms with van der Waals surface area (Å²) in [5.74, 6) is 0.721. The van der Waals surface area contributed by atoms with Crippen molar-refractivity contribution in [3.63, 3.8) is 0 Å². The van der Waals surface area contributed by atoms with Gasteiger partial charge in [0.1, 0.15) is 0 Å². The van der Waals surface area contributed by atoms with Crippen molar-refractivity contribution in [2.24, 2.45) is 0 Å². The highest BCUT2D eigenvalue weighted by molar-refractivity contribution is 7.26. The van der Waals surface area contributed by atoms with Crippen LogP contribution < -0.4 is 0 Å². The summed E-state index contributed by atoms with van der Waals surface area (Å²) in [6, 6.07) is 70.3. The SMILES string of the molecule is c1ccc(C2(c3ccccc3)c3ccccc3-c3ccc(-c4cc(-c5cccc6c5sc5ccccc56)nc(-c5cccc6ccccc56)n4)cc32)cc1. The van der Waals surface area contributed by atoms with Crippen molar-refractivity contribution in [2.75, 3.05) is 0 Å². The highest BCUT2D eigenvalue weighted by atomic mass is 32.1. The molecule has 8 aromatic carbocycles. The van der Waals surface area contributed by atoms with Gasteiger partial charge < -0.3 is 0 Å². The summed E-state index contributed by atoms with van der Waals surface area (Å²) in [6.07, 6.45) is 0. The molecule has 0 atom stereocenters. The Morgan fingerprint density at radius 1 is 0.389 bits per heavy atom. The zero-order valence-corrected chi connectivity index (χ0v) is 30.1. The van der Waals surface area contributed by atoms with Gasteiger partial charge in [-0.1, -0.05) is 176 Å². The van der Waals surface area contributed by atoms with Gasteiger partial charge in [-0.15, -0.1) is 11.3 Å². The van der Waals surface area contributed by atoms with Crippen LogP contribution in [0.3, 0.4) is 0 Å². The van der Waals surface area contributed by atoms with Crippen LogP contribution in [0.25, 0.3) is 76.0 Å². The molecule has 2 nitrogen and oxygen atoms in total. The first-order valence-corrected chi connectivity index (χ1v) is 19.2. The number of thiophene rings is 1. The average Bonchev–Trinajstić information content (AvgIpc) is 3.78. The van der Waals surface area contributed by atoms with Crippen LogP contribution in [0.1, 0.15) is 22.3 Å². The van der Waals surface area contributed by atoms with Crippen molar-refractivity contribution in [3.05, 3.63) is 216 Å². The first-order chi connectivity index (χ1) is 26.8. The predicted molar refractivity (Wildman–Crippen MR) is 226 cm³/mol. The lowest BCUT2D eigenvalue weighted by molar-refractivity contribution is 0.768. The topological polar surface area (TPSA) is 25.8 Å². The molecule has 0 N–H and O–H groups in total. The molecule has 10 aromatic rings. The van der Waals surface area contributed by atoms with E-state index < -0.39 is 5.41 Å². The molecule has 0 spiro atoms. The zero-order chi connectivity index (χ0) is 35.6. The van der Waals surface area contributed by atoms with E-state index in [4.69, 9.17) is 9.97 Å². The second-order valence-electron chi connectivity index (χ2n) is 14.1. The minimum atomic E-state index is -0.499. The molecule has 0 saturated heterocycles. The summed E-state index contributed by atoms with van der Waals surface area (Å²) >= 11 is 1.83. The molecular formula is C51H32N2S. The smallest absolute Gasteiger partial charge is 0.161 e. The average molecular weight is 705 g/mol. The molecule has 3 heteroatoms. The molecule has 2 heterocycles. The molecule has 0 bridgehead atoms. The van der Waals surface area contributed by atoms with Gasteiger partial charge in [-0.25, -0.2) is 9.97 Å². The maximum absolute atomic E-state index is 5.43. The number of hydrogen-bond acceptors (Lipinski definition) is 3. The van der Waals surface area contributed by atoms with Crippen LogP contribution in [-0.4, -0.2) is 9.97 Å². The van der Waals surface area contributed by atoms with E-state index in [1.807, 2.05) is 11.3 Å². The fraction of sp³-hybridized carbons (Fsp3) is 0.0196. The van der Waals surface area contributed by atoms with Crippen LogP contribution in [-0.2, 0) is 5.41 Å². The Hall–Kier alpha value is -6.68. The van der Waals surface area contributed by atoms with Crippen molar-refractivity contribution in [3.8, 4) is 45.0 Å². The van der Waals surface area contributed by atoms with Crippen molar-refractivity contribution >= 4 is 42.3 Å². The fourth-order valence-electron chi connectivity index (χ4n) is 8.83. The minimum Gasteiger partial charge on any atom is -0.228 e. The van der Waals surface area contributed by atoms with Crippen molar-refractivity contribution in [1.29, 1.82) is 0 Å². The van der Waals surface area contributed by atoms with Crippen molar-refractivity contribution in [2.45, 2.75) is 5.41 Å². The van der Waals surface area contributed by atoms with Gasteiger partial charge in [-0.2, -0.15) is 0 Å². The standard InChI is InChI=1S/C51H32N2S/c1-3-17-35(18-4-1)51(36-19-5-2-6-20-36)44-27-11-9-22-38(44)39-30-29-34(31-45(39)51)46-32-47(43-26-14-24-41-40-23-10-12-28-48(40)54-49(41)43)53-50(52-46)42-25-13-16-33-15-7-8-21-37(33)42/h1-32H. The number of rotatable bonds is 5. The Morgan fingerprint density at radius 2 is 0.981 bits per heavy atom. The van der Waals surface area contributed by atoms with E-state index in [2.05, 4.69) is 194 Å². The van der Waals surface area contributed by atoms with E-state index in [1.165, 1.54) is 58.9 Å². The highest BCUT2D eigenvalue weighted by Crippen LogP contribution is 2.56. The molecule has 0 unspecified atom stereocenters. The molecule has 0 aliphatic heterocycles. The van der Waals surface area contributed by atoms with Gasteiger partial charge in [-0.05, 0) is 62.4 Å². The maximum Gasteiger partial charge on any atom is 0.161 e. The molecule has 54 heavy (non-hydrogen) atoms. The van der Waals surface area contributed by atoms with Crippen LogP contribution >= 0.6 is 11.3 Å². The van der Waals surface area contributed by atoms with E-state index >= 15 is 0 Å². The van der Waals surface area contributed by atoms with E-state index in [0.29, 0.717) is 0 Å². The van der Waals surface area contributed by atoms with E-state index in [9.17, 15) is 0 Å². The molecule has 11 rings (SSSR count). The van der Waals surface area contributed by atoms with Crippen molar-refractivity contribution < 1.29 is 0 Å². The Bertz CT molecular complexity index is 3010. The third-order valence-corrected chi connectivity index (χ3v) is 12.4. The van der Waals surface area contributed by atoms with Crippen LogP contribution in [0, 0.1) is 0 Å². The molecule has 2 aromatic heterocycles. The number of aromatic nitrogens is 2. The van der Waals surface area contributed by atoms with E-state index in [1.54, 1.807) is 0 Å². The molecule has 0 saturated carbocycles. The van der Waals surface area contributed by atoms with Gasteiger partial charge in [0.05, 0.1) is 16.8 Å². The number of fused-ring (bicyclic) bond motifs is 7. The second kappa shape index (κ2) is 12.2. The largest absolute Gasteiger partial charge is 0.228 e. The third-order valence-electron chi connectivity index (χ3n) is 11.2. The van der Waals surface area contributed by atoms with Gasteiger partial charge in [0.2, 0.25) is 0 Å². The van der Waals surface area contributed by atoms with Crippen molar-refractivity contribution in [1.82, 2.24) is 9.97 Å². The van der Waals surface area contributed by atoms with Crippen LogP contribution in [0.2, 0.25) is 0 Å². The quantitative estimate of drug-likeness (QED) is 0.178. The lowest BCUT2D eigenvalue weighted by Crippen LogP contribution is -2.28. The fourth-order valence-corrected chi connectivity index (χ4v) is 10.1. The van der Waals surface area contributed by atoms with Crippen LogP contribution in [0.5, 0.6) is 0 Å². The maximum atomic E-state index is 5.43. The summed E-state index contributed by atoms with van der Waals surface area (Å²) in [5.41, 5.74) is 12.1. The Morgan fingerprint density at radius 3 is 1.81 bits per heavy atom. The minimum absolute atomic E-state index is 0.499. The molecular weight excluding hydrogens is 673 g/mol. The summed E-state index contributed by atoms with van der Waals surface area (Å²) < 4.78 is 2.52. The number of nitrogens with zero attached hydrogens (tertiary/aromatic N) is 2. The summed E-state index contributed by atoms with van der Waals surface area (Å²) in [6.45, 7) is 0. The highest BCUT2D eigenvalue weighted by Gasteiger charge is 2.46. The van der Waals surface area contributed by atoms with Gasteiger partial charge in [0.15, 0.2) is 5.82 Å². The second-order valence-corrected chi connectivity index (χ2v) is 15.1. The summed E-state index contributed by atoms with van der Waals surface area (Å²) in [5, 5.41) is 4.84. The molecule has 0 fully saturated rings. The predicted octanol–water partition coefficient (Wildman–Crippen LogP) is 13.4. The number of hydrogen-bond donors (Lipinski definition) is 0. The third kappa shape index (κ3) is 4.59. The van der Waals surface area contributed by atoms with Crippen LogP contribution in [0.4, 0.5) is 0 Å². The lowest BCUT2D eigenvalue weighted by Gasteiger charge is -2.34. The Kier molecular flexibility index (Phi) is 6.98. The normalized spacial score (nSPS) is 13.0. The lowest BCUT2D eigenvalue weighted by atomic mass is 9.67. The molecule has 1 aliphatic carbocycles.